The number of ether oxygens (including phenoxy) is 3. The Hall–Kier alpha value is -3.70. The molecule has 172 valence electrons. The SMILES string of the molecule is Cl.Fc1ccc(Nc2nc(NN=Cc3ccc4c(c3)OCO4)nc(N3CCOCC3)n2)cc1. The van der Waals surface area contributed by atoms with Crippen LogP contribution >= 0.6 is 12.4 Å². The standard InChI is InChI=1S/C21H20FN7O3.ClH/c22-15-2-4-16(5-3-15)24-19-25-20(27-21(26-19)29-7-9-30-10-8-29)28-23-12-14-1-6-17-18(11-14)32-13-31-17;/h1-6,11-12H,7-10,13H2,(H2,24,25,26,27,28);1H. The minimum atomic E-state index is -0.319. The maximum Gasteiger partial charge on any atom is 0.250 e. The van der Waals surface area contributed by atoms with Crippen molar-refractivity contribution in [3.63, 3.8) is 0 Å². The molecule has 0 unspecified atom stereocenters. The zero-order valence-corrected chi connectivity index (χ0v) is 18.2. The molecule has 10 nitrogen and oxygen atoms in total. The smallest absolute Gasteiger partial charge is 0.250 e. The number of hydrogen-bond acceptors (Lipinski definition) is 10. The summed E-state index contributed by atoms with van der Waals surface area (Å²) in [6.45, 7) is 2.74. The summed E-state index contributed by atoms with van der Waals surface area (Å²) < 4.78 is 29.3. The third-order valence-electron chi connectivity index (χ3n) is 4.79. The number of halogens is 2. The van der Waals surface area contributed by atoms with Crippen LogP contribution < -0.4 is 25.1 Å². The van der Waals surface area contributed by atoms with Crippen LogP contribution in [0.25, 0.3) is 0 Å². The van der Waals surface area contributed by atoms with Crippen molar-refractivity contribution < 1.29 is 18.6 Å². The van der Waals surface area contributed by atoms with Crippen molar-refractivity contribution in [2.45, 2.75) is 0 Å². The first-order chi connectivity index (χ1) is 15.7. The summed E-state index contributed by atoms with van der Waals surface area (Å²) >= 11 is 0. The highest BCUT2D eigenvalue weighted by molar-refractivity contribution is 5.85. The number of hydrazone groups is 1. The highest BCUT2D eigenvalue weighted by Gasteiger charge is 2.17. The Morgan fingerprint density at radius 3 is 2.52 bits per heavy atom. The number of anilines is 4. The van der Waals surface area contributed by atoms with Gasteiger partial charge in [0.2, 0.25) is 24.6 Å². The van der Waals surface area contributed by atoms with Crippen LogP contribution in [-0.2, 0) is 4.74 Å². The molecule has 3 heterocycles. The number of morpholine rings is 1. The van der Waals surface area contributed by atoms with Crippen LogP contribution in [-0.4, -0.2) is 54.3 Å². The van der Waals surface area contributed by atoms with Gasteiger partial charge in [0.05, 0.1) is 19.4 Å². The number of fused-ring (bicyclic) bond motifs is 1. The van der Waals surface area contributed by atoms with Crippen molar-refractivity contribution in [3.05, 3.63) is 53.8 Å². The molecule has 12 heteroatoms. The van der Waals surface area contributed by atoms with E-state index in [1.54, 1.807) is 18.3 Å². The van der Waals surface area contributed by atoms with Gasteiger partial charge >= 0.3 is 0 Å². The molecule has 2 N–H and O–H groups in total. The number of hydrogen-bond donors (Lipinski definition) is 2. The van der Waals surface area contributed by atoms with Crippen LogP contribution in [0.1, 0.15) is 5.56 Å². The quantitative estimate of drug-likeness (QED) is 0.412. The summed E-state index contributed by atoms with van der Waals surface area (Å²) in [5.74, 6) is 2.14. The van der Waals surface area contributed by atoms with E-state index in [4.69, 9.17) is 14.2 Å². The number of rotatable bonds is 6. The summed E-state index contributed by atoms with van der Waals surface area (Å²) in [7, 11) is 0. The predicted octanol–water partition coefficient (Wildman–Crippen LogP) is 3.19. The fraction of sp³-hybridized carbons (Fsp3) is 0.238. The molecule has 1 fully saturated rings. The molecule has 33 heavy (non-hydrogen) atoms. The fourth-order valence-electron chi connectivity index (χ4n) is 3.20. The van der Waals surface area contributed by atoms with Crippen LogP contribution in [0.4, 0.5) is 27.9 Å². The van der Waals surface area contributed by atoms with Gasteiger partial charge in [0.1, 0.15) is 5.82 Å². The lowest BCUT2D eigenvalue weighted by Crippen LogP contribution is -2.37. The molecular formula is C21H21ClFN7O3. The lowest BCUT2D eigenvalue weighted by atomic mass is 10.2. The molecule has 0 atom stereocenters. The predicted molar refractivity (Wildman–Crippen MR) is 124 cm³/mol. The number of nitrogens with zero attached hydrogens (tertiary/aromatic N) is 5. The minimum absolute atomic E-state index is 0. The Morgan fingerprint density at radius 1 is 0.939 bits per heavy atom. The van der Waals surface area contributed by atoms with Crippen molar-refractivity contribution in [1.82, 2.24) is 15.0 Å². The molecule has 1 saturated heterocycles. The average Bonchev–Trinajstić information content (AvgIpc) is 3.29. The second-order valence-corrected chi connectivity index (χ2v) is 7.00. The molecule has 3 aromatic rings. The van der Waals surface area contributed by atoms with Gasteiger partial charge in [-0.3, -0.25) is 0 Å². The van der Waals surface area contributed by atoms with Crippen LogP contribution in [0.15, 0.2) is 47.6 Å². The maximum absolute atomic E-state index is 13.2. The largest absolute Gasteiger partial charge is 0.454 e. The molecule has 2 aliphatic rings. The topological polar surface area (TPSA) is 106 Å². The minimum Gasteiger partial charge on any atom is -0.454 e. The van der Waals surface area contributed by atoms with Crippen LogP contribution in [0.5, 0.6) is 11.5 Å². The second kappa shape index (κ2) is 10.3. The second-order valence-electron chi connectivity index (χ2n) is 7.00. The summed E-state index contributed by atoms with van der Waals surface area (Å²) in [5, 5.41) is 7.32. The average molecular weight is 474 g/mol. The Bertz CT molecular complexity index is 1130. The van der Waals surface area contributed by atoms with E-state index < -0.39 is 0 Å². The zero-order chi connectivity index (χ0) is 21.8. The van der Waals surface area contributed by atoms with Crippen molar-refractivity contribution in [1.29, 1.82) is 0 Å². The third-order valence-corrected chi connectivity index (χ3v) is 4.79. The van der Waals surface area contributed by atoms with E-state index in [0.29, 0.717) is 55.4 Å². The van der Waals surface area contributed by atoms with Crippen LogP contribution in [0, 0.1) is 5.82 Å². The van der Waals surface area contributed by atoms with Gasteiger partial charge in [0.15, 0.2) is 11.5 Å². The Balaban J connectivity index is 0.00000259. The lowest BCUT2D eigenvalue weighted by Gasteiger charge is -2.27. The molecule has 1 aromatic heterocycles. The lowest BCUT2D eigenvalue weighted by molar-refractivity contribution is 0.122. The van der Waals surface area contributed by atoms with Gasteiger partial charge in [-0.1, -0.05) is 0 Å². The van der Waals surface area contributed by atoms with E-state index in [0.717, 1.165) is 5.56 Å². The van der Waals surface area contributed by atoms with Gasteiger partial charge in [0.25, 0.3) is 0 Å². The monoisotopic (exact) mass is 473 g/mol. The Morgan fingerprint density at radius 2 is 1.70 bits per heavy atom. The molecule has 0 bridgehead atoms. The molecule has 0 saturated carbocycles. The summed E-state index contributed by atoms with van der Waals surface area (Å²) in [6.07, 6.45) is 1.63. The van der Waals surface area contributed by atoms with E-state index in [1.165, 1.54) is 12.1 Å². The van der Waals surface area contributed by atoms with E-state index in [9.17, 15) is 4.39 Å². The molecule has 0 aliphatic carbocycles. The van der Waals surface area contributed by atoms with Gasteiger partial charge in [-0.15, -0.1) is 12.4 Å². The van der Waals surface area contributed by atoms with Gasteiger partial charge in [-0.25, -0.2) is 9.82 Å². The highest BCUT2D eigenvalue weighted by Crippen LogP contribution is 2.32. The fourth-order valence-corrected chi connectivity index (χ4v) is 3.20. The number of benzene rings is 2. The van der Waals surface area contributed by atoms with Crippen LogP contribution in [0.2, 0.25) is 0 Å². The van der Waals surface area contributed by atoms with Crippen molar-refractivity contribution in [3.8, 4) is 11.5 Å². The zero-order valence-electron chi connectivity index (χ0n) is 17.4. The molecule has 0 radical (unpaired) electrons. The van der Waals surface area contributed by atoms with Gasteiger partial charge < -0.3 is 24.4 Å². The molecule has 2 aliphatic heterocycles. The van der Waals surface area contributed by atoms with E-state index >= 15 is 0 Å². The maximum atomic E-state index is 13.2. The first-order valence-corrected chi connectivity index (χ1v) is 10.0. The first-order valence-electron chi connectivity index (χ1n) is 10.0. The van der Waals surface area contributed by atoms with Gasteiger partial charge in [-0.2, -0.15) is 20.1 Å². The van der Waals surface area contributed by atoms with Crippen molar-refractivity contribution in [2.75, 3.05) is 48.7 Å². The molecule has 5 rings (SSSR count). The van der Waals surface area contributed by atoms with E-state index in [-0.39, 0.29) is 31.0 Å². The van der Waals surface area contributed by atoms with Gasteiger partial charge in [0, 0.05) is 18.8 Å². The first kappa shape index (κ1) is 22.5. The molecule has 0 amide bonds. The third kappa shape index (κ3) is 5.57. The molecule has 0 spiro atoms. The van der Waals surface area contributed by atoms with E-state index in [2.05, 4.69) is 30.8 Å². The number of nitrogens with one attached hydrogen (secondary N) is 2. The summed E-state index contributed by atoms with van der Waals surface area (Å²) in [4.78, 5) is 15.4. The molecular weight excluding hydrogens is 453 g/mol. The summed E-state index contributed by atoms with van der Waals surface area (Å²) in [5.41, 5.74) is 4.33. The molecule has 2 aromatic carbocycles. The normalized spacial score (nSPS) is 14.8. The Kier molecular flexibility index (Phi) is 7.01. The van der Waals surface area contributed by atoms with Gasteiger partial charge in [-0.05, 0) is 48.0 Å². The van der Waals surface area contributed by atoms with Crippen molar-refractivity contribution >= 4 is 42.2 Å². The van der Waals surface area contributed by atoms with E-state index in [1.807, 2.05) is 23.1 Å². The number of aromatic nitrogens is 3. The summed E-state index contributed by atoms with van der Waals surface area (Å²) in [6, 6.07) is 11.5. The Labute approximate surface area is 195 Å². The van der Waals surface area contributed by atoms with Crippen LogP contribution in [0.3, 0.4) is 0 Å². The highest BCUT2D eigenvalue weighted by atomic mass is 35.5. The van der Waals surface area contributed by atoms with Crippen molar-refractivity contribution in [2.24, 2.45) is 5.10 Å².